The van der Waals surface area contributed by atoms with Gasteiger partial charge in [0.25, 0.3) is 0 Å². The molecule has 0 N–H and O–H groups in total. The minimum Gasteiger partial charge on any atom is -0.497 e. The van der Waals surface area contributed by atoms with Gasteiger partial charge in [-0.15, -0.1) is 0 Å². The number of Topliss-reactive ketones (excluding diaryl/α,β-unsaturated/α-hetero) is 1. The molecule has 0 atom stereocenters. The summed E-state index contributed by atoms with van der Waals surface area (Å²) in [6.45, 7) is 1.46. The molecule has 0 radical (unpaired) electrons. The number of carbonyl (C=O) groups excluding carboxylic acids is 1. The number of benzene rings is 1. The van der Waals surface area contributed by atoms with E-state index in [1.54, 1.807) is 12.1 Å². The van der Waals surface area contributed by atoms with Gasteiger partial charge < -0.3 is 9.53 Å². The lowest BCUT2D eigenvalue weighted by Gasteiger charge is -2.05. The molecular weight excluding hydrogens is 240 g/mol. The first-order valence-electron chi connectivity index (χ1n) is 5.32. The Bertz CT molecular complexity index is 491. The van der Waals surface area contributed by atoms with E-state index in [4.69, 9.17) is 4.74 Å². The molecule has 0 saturated heterocycles. The molecule has 94 valence electrons. The van der Waals surface area contributed by atoms with Crippen LogP contribution in [0.5, 0.6) is 5.75 Å². The summed E-state index contributed by atoms with van der Waals surface area (Å²) in [5, 5.41) is 0. The number of rotatable bonds is 6. The second kappa shape index (κ2) is 5.82. The van der Waals surface area contributed by atoms with Crippen molar-refractivity contribution in [3.8, 4) is 5.75 Å². The monoisotopic (exact) mass is 256 g/mol. The van der Waals surface area contributed by atoms with Gasteiger partial charge in [0.15, 0.2) is 9.84 Å². The molecule has 1 aromatic rings. The molecule has 0 amide bonds. The van der Waals surface area contributed by atoms with Crippen molar-refractivity contribution in [1.29, 1.82) is 0 Å². The second-order valence-electron chi connectivity index (χ2n) is 3.80. The van der Waals surface area contributed by atoms with E-state index in [9.17, 15) is 13.2 Å². The van der Waals surface area contributed by atoms with E-state index < -0.39 is 9.84 Å². The average Bonchev–Trinajstić information content (AvgIpc) is 2.28. The summed E-state index contributed by atoms with van der Waals surface area (Å²) >= 11 is 0. The Morgan fingerprint density at radius 2 is 2.06 bits per heavy atom. The van der Waals surface area contributed by atoms with Crippen LogP contribution in [0, 0.1) is 0 Å². The van der Waals surface area contributed by atoms with Crippen LogP contribution < -0.4 is 4.74 Å². The van der Waals surface area contributed by atoms with E-state index in [0.29, 0.717) is 18.6 Å². The maximum Gasteiger partial charge on any atom is 0.178 e. The predicted molar refractivity (Wildman–Crippen MR) is 65.0 cm³/mol. The number of ketones is 1. The van der Waals surface area contributed by atoms with E-state index in [1.807, 2.05) is 0 Å². The van der Waals surface area contributed by atoms with Gasteiger partial charge in [-0.25, -0.2) is 8.42 Å². The van der Waals surface area contributed by atoms with Crippen molar-refractivity contribution in [3.63, 3.8) is 0 Å². The van der Waals surface area contributed by atoms with E-state index in [1.165, 1.54) is 26.2 Å². The fourth-order valence-electron chi connectivity index (χ4n) is 1.42. The zero-order valence-electron chi connectivity index (χ0n) is 9.97. The van der Waals surface area contributed by atoms with Gasteiger partial charge in [0.1, 0.15) is 11.5 Å². The molecule has 1 aromatic carbocycles. The predicted octanol–water partition coefficient (Wildman–Crippen LogP) is 1.84. The average molecular weight is 256 g/mol. The SMILES string of the molecule is COc1cccc(S(=O)(=O)CCCC(C)=O)c1. The van der Waals surface area contributed by atoms with Crippen LogP contribution in [0.1, 0.15) is 19.8 Å². The van der Waals surface area contributed by atoms with Crippen LogP contribution in [-0.2, 0) is 14.6 Å². The zero-order valence-corrected chi connectivity index (χ0v) is 10.8. The van der Waals surface area contributed by atoms with Gasteiger partial charge in [-0.05, 0) is 31.5 Å². The molecule has 0 aliphatic carbocycles. The molecule has 0 fully saturated rings. The minimum absolute atomic E-state index is 0.00541. The number of methoxy groups -OCH3 is 1. The smallest absolute Gasteiger partial charge is 0.178 e. The fourth-order valence-corrected chi connectivity index (χ4v) is 2.77. The van der Waals surface area contributed by atoms with Crippen molar-refractivity contribution >= 4 is 15.6 Å². The zero-order chi connectivity index (χ0) is 12.9. The number of carbonyl (C=O) groups is 1. The highest BCUT2D eigenvalue weighted by molar-refractivity contribution is 7.91. The van der Waals surface area contributed by atoms with Crippen molar-refractivity contribution < 1.29 is 17.9 Å². The Kier molecular flexibility index (Phi) is 4.69. The van der Waals surface area contributed by atoms with Crippen LogP contribution in [-0.4, -0.2) is 27.1 Å². The first kappa shape index (κ1) is 13.7. The lowest BCUT2D eigenvalue weighted by atomic mass is 10.3. The largest absolute Gasteiger partial charge is 0.497 e. The third-order valence-electron chi connectivity index (χ3n) is 2.34. The van der Waals surface area contributed by atoms with Gasteiger partial charge >= 0.3 is 0 Å². The quantitative estimate of drug-likeness (QED) is 0.779. The molecule has 0 heterocycles. The van der Waals surface area contributed by atoms with Crippen LogP contribution >= 0.6 is 0 Å². The Morgan fingerprint density at radius 3 is 2.65 bits per heavy atom. The first-order chi connectivity index (χ1) is 7.95. The molecule has 17 heavy (non-hydrogen) atoms. The Balaban J connectivity index is 2.78. The molecular formula is C12H16O4S. The van der Waals surface area contributed by atoms with Crippen molar-refractivity contribution in [2.45, 2.75) is 24.7 Å². The number of ether oxygens (including phenoxy) is 1. The Morgan fingerprint density at radius 1 is 1.35 bits per heavy atom. The molecule has 4 nitrogen and oxygen atoms in total. The first-order valence-corrected chi connectivity index (χ1v) is 6.97. The molecule has 0 aliphatic heterocycles. The normalized spacial score (nSPS) is 11.2. The van der Waals surface area contributed by atoms with Gasteiger partial charge in [0.2, 0.25) is 0 Å². The van der Waals surface area contributed by atoms with E-state index in [2.05, 4.69) is 0 Å². The van der Waals surface area contributed by atoms with Gasteiger partial charge in [0, 0.05) is 6.42 Å². The maximum absolute atomic E-state index is 11.9. The molecule has 0 bridgehead atoms. The summed E-state index contributed by atoms with van der Waals surface area (Å²) in [5.41, 5.74) is 0. The Hall–Kier alpha value is -1.36. The van der Waals surface area contributed by atoms with Gasteiger partial charge in [0.05, 0.1) is 17.8 Å². The third-order valence-corrected chi connectivity index (χ3v) is 4.14. The van der Waals surface area contributed by atoms with Crippen LogP contribution in [0.25, 0.3) is 0 Å². The summed E-state index contributed by atoms with van der Waals surface area (Å²) < 4.78 is 28.8. The summed E-state index contributed by atoms with van der Waals surface area (Å²) in [5.74, 6) is 0.503. The highest BCUT2D eigenvalue weighted by Gasteiger charge is 2.14. The van der Waals surface area contributed by atoms with Gasteiger partial charge in [-0.1, -0.05) is 6.07 Å². The maximum atomic E-state index is 11.9. The lowest BCUT2D eigenvalue weighted by molar-refractivity contribution is -0.117. The number of sulfone groups is 1. The van der Waals surface area contributed by atoms with Crippen molar-refractivity contribution in [2.75, 3.05) is 12.9 Å². The molecule has 0 aromatic heterocycles. The third kappa shape index (κ3) is 4.19. The highest BCUT2D eigenvalue weighted by Crippen LogP contribution is 2.19. The molecule has 1 rings (SSSR count). The van der Waals surface area contributed by atoms with E-state index >= 15 is 0 Å². The molecule has 0 spiro atoms. The van der Waals surface area contributed by atoms with Gasteiger partial charge in [-0.3, -0.25) is 0 Å². The fraction of sp³-hybridized carbons (Fsp3) is 0.417. The topological polar surface area (TPSA) is 60.4 Å². The van der Waals surface area contributed by atoms with Crippen molar-refractivity contribution in [3.05, 3.63) is 24.3 Å². The summed E-state index contributed by atoms with van der Waals surface area (Å²) in [6.07, 6.45) is 0.651. The van der Waals surface area contributed by atoms with Crippen molar-refractivity contribution in [1.82, 2.24) is 0 Å². The van der Waals surface area contributed by atoms with Crippen molar-refractivity contribution in [2.24, 2.45) is 0 Å². The number of hydrogen-bond donors (Lipinski definition) is 0. The van der Waals surface area contributed by atoms with Gasteiger partial charge in [-0.2, -0.15) is 0 Å². The van der Waals surface area contributed by atoms with E-state index in [-0.39, 0.29) is 16.4 Å². The van der Waals surface area contributed by atoms with Crippen LogP contribution in [0.2, 0.25) is 0 Å². The highest BCUT2D eigenvalue weighted by atomic mass is 32.2. The summed E-state index contributed by atoms with van der Waals surface area (Å²) in [4.78, 5) is 11.0. The standard InChI is InChI=1S/C12H16O4S/c1-10(13)5-4-8-17(14,15)12-7-3-6-11(9-12)16-2/h3,6-7,9H,4-5,8H2,1-2H3. The molecule has 0 saturated carbocycles. The molecule has 5 heteroatoms. The Labute approximate surface area is 102 Å². The summed E-state index contributed by atoms with van der Waals surface area (Å²) in [6, 6.07) is 6.35. The molecule has 0 unspecified atom stereocenters. The number of hydrogen-bond acceptors (Lipinski definition) is 4. The summed E-state index contributed by atoms with van der Waals surface area (Å²) in [7, 11) is -1.83. The van der Waals surface area contributed by atoms with Crippen LogP contribution in [0.4, 0.5) is 0 Å². The minimum atomic E-state index is -3.32. The molecule has 0 aliphatic rings. The second-order valence-corrected chi connectivity index (χ2v) is 5.91. The van der Waals surface area contributed by atoms with E-state index in [0.717, 1.165) is 0 Å². The lowest BCUT2D eigenvalue weighted by Crippen LogP contribution is -2.08. The van der Waals surface area contributed by atoms with Crippen LogP contribution in [0.3, 0.4) is 0 Å². The van der Waals surface area contributed by atoms with Crippen LogP contribution in [0.15, 0.2) is 29.2 Å².